The number of halogens is 3. The van der Waals surface area contributed by atoms with Gasteiger partial charge in [0.2, 0.25) is 15.0 Å². The van der Waals surface area contributed by atoms with E-state index in [9.17, 15) is 21.6 Å². The highest BCUT2D eigenvalue weighted by Crippen LogP contribution is 2.39. The molecule has 6 nitrogen and oxygen atoms in total. The van der Waals surface area contributed by atoms with Crippen molar-refractivity contribution in [1.29, 1.82) is 0 Å². The fraction of sp³-hybridized carbons (Fsp3) is 0.455. The van der Waals surface area contributed by atoms with Crippen LogP contribution in [-0.4, -0.2) is 40.6 Å². The van der Waals surface area contributed by atoms with Gasteiger partial charge in [-0.3, -0.25) is 0 Å². The van der Waals surface area contributed by atoms with Crippen LogP contribution >= 0.6 is 12.2 Å². The van der Waals surface area contributed by atoms with Gasteiger partial charge in [0.05, 0.1) is 29.8 Å². The predicted octanol–water partition coefficient (Wildman–Crippen LogP) is 4.48. The predicted molar refractivity (Wildman–Crippen MR) is 124 cm³/mol. The second-order valence-electron chi connectivity index (χ2n) is 8.36. The van der Waals surface area contributed by atoms with Crippen LogP contribution in [-0.2, 0) is 28.3 Å². The topological polar surface area (TPSA) is 67.2 Å². The highest BCUT2D eigenvalue weighted by atomic mass is 32.2. The van der Waals surface area contributed by atoms with Crippen molar-refractivity contribution in [3.8, 4) is 0 Å². The highest BCUT2D eigenvalue weighted by Gasteiger charge is 2.35. The van der Waals surface area contributed by atoms with Crippen molar-refractivity contribution in [2.45, 2.75) is 62.4 Å². The molecule has 1 aliphatic carbocycles. The van der Waals surface area contributed by atoms with E-state index >= 15 is 0 Å². The SMILES string of the molecule is C=CCN(Cc1cnc(S(=O)(=O)Cc2cccc(C(F)(F)F)c2)n1C1CC1)C(=S)NC(C)C. The molecule has 1 aliphatic rings. The van der Waals surface area contributed by atoms with Gasteiger partial charge in [-0.2, -0.15) is 13.2 Å². The maximum Gasteiger partial charge on any atom is 0.416 e. The number of sulfone groups is 1. The first kappa shape index (κ1) is 25.2. The summed E-state index contributed by atoms with van der Waals surface area (Å²) in [6.45, 7) is 8.47. The molecule has 180 valence electrons. The Kier molecular flexibility index (Phi) is 7.52. The Morgan fingerprint density at radius 2 is 2.09 bits per heavy atom. The maximum atomic E-state index is 13.2. The smallest absolute Gasteiger partial charge is 0.360 e. The fourth-order valence-electron chi connectivity index (χ4n) is 3.48. The van der Waals surface area contributed by atoms with Gasteiger partial charge in [-0.1, -0.05) is 24.3 Å². The third-order valence-electron chi connectivity index (χ3n) is 5.04. The number of thiocarbonyl (C=S) groups is 1. The molecule has 1 aromatic carbocycles. The molecular weight excluding hydrogens is 473 g/mol. The molecule has 0 spiro atoms. The summed E-state index contributed by atoms with van der Waals surface area (Å²) in [5.74, 6) is -0.566. The van der Waals surface area contributed by atoms with Crippen molar-refractivity contribution >= 4 is 27.2 Å². The summed E-state index contributed by atoms with van der Waals surface area (Å²) < 4.78 is 67.2. The van der Waals surface area contributed by atoms with Crippen LogP contribution in [0.3, 0.4) is 0 Å². The van der Waals surface area contributed by atoms with E-state index in [4.69, 9.17) is 12.2 Å². The van der Waals surface area contributed by atoms with Crippen molar-refractivity contribution < 1.29 is 21.6 Å². The molecule has 1 fully saturated rings. The minimum atomic E-state index is -4.55. The molecule has 1 saturated carbocycles. The molecule has 0 radical (unpaired) electrons. The van der Waals surface area contributed by atoms with E-state index in [0.29, 0.717) is 23.9 Å². The fourth-order valence-corrected chi connectivity index (χ4v) is 5.38. The molecule has 11 heteroatoms. The summed E-state index contributed by atoms with van der Waals surface area (Å²) >= 11 is 5.48. The molecule has 0 amide bonds. The quantitative estimate of drug-likeness (QED) is 0.405. The van der Waals surface area contributed by atoms with Crippen LogP contribution in [0.25, 0.3) is 0 Å². The highest BCUT2D eigenvalue weighted by molar-refractivity contribution is 7.90. The van der Waals surface area contributed by atoms with Crippen LogP contribution < -0.4 is 5.32 Å². The average Bonchev–Trinajstić information content (AvgIpc) is 3.45. The van der Waals surface area contributed by atoms with Crippen LogP contribution in [0, 0.1) is 0 Å². The van der Waals surface area contributed by atoms with Gasteiger partial charge >= 0.3 is 6.18 Å². The average molecular weight is 501 g/mol. The van der Waals surface area contributed by atoms with Crippen molar-refractivity contribution in [2.75, 3.05) is 6.54 Å². The number of hydrogen-bond acceptors (Lipinski definition) is 4. The van der Waals surface area contributed by atoms with Crippen molar-refractivity contribution in [3.05, 3.63) is 59.9 Å². The molecule has 0 saturated heterocycles. The lowest BCUT2D eigenvalue weighted by molar-refractivity contribution is -0.137. The first-order valence-electron chi connectivity index (χ1n) is 10.5. The zero-order valence-electron chi connectivity index (χ0n) is 18.5. The lowest BCUT2D eigenvalue weighted by atomic mass is 10.1. The molecule has 0 unspecified atom stereocenters. The number of aromatic nitrogens is 2. The summed E-state index contributed by atoms with van der Waals surface area (Å²) in [5, 5.41) is 3.56. The number of hydrogen-bond donors (Lipinski definition) is 1. The van der Waals surface area contributed by atoms with Crippen LogP contribution in [0.1, 0.15) is 49.6 Å². The van der Waals surface area contributed by atoms with Crippen LogP contribution in [0.2, 0.25) is 0 Å². The van der Waals surface area contributed by atoms with Gasteiger partial charge in [-0.15, -0.1) is 6.58 Å². The summed E-state index contributed by atoms with van der Waals surface area (Å²) in [7, 11) is -3.98. The van der Waals surface area contributed by atoms with E-state index in [-0.39, 0.29) is 22.8 Å². The van der Waals surface area contributed by atoms with Gasteiger partial charge in [0.1, 0.15) is 0 Å². The molecule has 1 N–H and O–H groups in total. The monoisotopic (exact) mass is 500 g/mol. The number of benzene rings is 1. The molecule has 0 atom stereocenters. The third kappa shape index (κ3) is 6.35. The Morgan fingerprint density at radius 3 is 2.67 bits per heavy atom. The lowest BCUT2D eigenvalue weighted by Crippen LogP contribution is -2.42. The molecule has 33 heavy (non-hydrogen) atoms. The van der Waals surface area contributed by atoms with E-state index in [0.717, 1.165) is 25.0 Å². The first-order chi connectivity index (χ1) is 15.4. The minimum absolute atomic E-state index is 0.00834. The summed E-state index contributed by atoms with van der Waals surface area (Å²) in [4.78, 5) is 6.05. The van der Waals surface area contributed by atoms with E-state index in [1.807, 2.05) is 18.7 Å². The van der Waals surface area contributed by atoms with Crippen LogP contribution in [0.5, 0.6) is 0 Å². The zero-order chi connectivity index (χ0) is 24.4. The molecule has 1 heterocycles. The van der Waals surface area contributed by atoms with E-state index < -0.39 is 27.3 Å². The van der Waals surface area contributed by atoms with Gasteiger partial charge in [0.25, 0.3) is 0 Å². The lowest BCUT2D eigenvalue weighted by Gasteiger charge is -2.26. The molecule has 1 aromatic heterocycles. The van der Waals surface area contributed by atoms with E-state index in [1.165, 1.54) is 18.3 Å². The summed E-state index contributed by atoms with van der Waals surface area (Å²) in [6.07, 6.45) is 0.288. The normalized spacial score (nSPS) is 14.4. The third-order valence-corrected chi connectivity index (χ3v) is 6.99. The molecule has 2 aromatic rings. The first-order valence-corrected chi connectivity index (χ1v) is 12.6. The Bertz CT molecular complexity index is 1120. The van der Waals surface area contributed by atoms with Gasteiger partial charge in [0.15, 0.2) is 5.11 Å². The zero-order valence-corrected chi connectivity index (χ0v) is 20.1. The number of imidazole rings is 1. The van der Waals surface area contributed by atoms with E-state index in [1.54, 1.807) is 10.6 Å². The number of nitrogens with one attached hydrogen (secondary N) is 1. The molecule has 0 bridgehead atoms. The molecular formula is C22H27F3N4O2S2. The largest absolute Gasteiger partial charge is 0.416 e. The number of nitrogens with zero attached hydrogens (tertiary/aromatic N) is 3. The Hall–Kier alpha value is -2.40. The Morgan fingerprint density at radius 1 is 1.39 bits per heavy atom. The Labute approximate surface area is 197 Å². The van der Waals surface area contributed by atoms with Crippen molar-refractivity contribution in [2.24, 2.45) is 0 Å². The van der Waals surface area contributed by atoms with Gasteiger partial charge < -0.3 is 14.8 Å². The maximum absolute atomic E-state index is 13.2. The van der Waals surface area contributed by atoms with Crippen molar-refractivity contribution in [1.82, 2.24) is 19.8 Å². The second kappa shape index (κ2) is 9.84. The second-order valence-corrected chi connectivity index (χ2v) is 10.6. The van der Waals surface area contributed by atoms with Gasteiger partial charge in [0, 0.05) is 18.6 Å². The molecule has 3 rings (SSSR count). The summed E-state index contributed by atoms with van der Waals surface area (Å²) in [5.41, 5.74) is -0.144. The van der Waals surface area contributed by atoms with Crippen LogP contribution in [0.4, 0.5) is 13.2 Å². The van der Waals surface area contributed by atoms with Gasteiger partial charge in [-0.25, -0.2) is 13.4 Å². The van der Waals surface area contributed by atoms with Crippen molar-refractivity contribution in [3.63, 3.8) is 0 Å². The summed E-state index contributed by atoms with van der Waals surface area (Å²) in [6, 6.07) is 4.49. The van der Waals surface area contributed by atoms with Gasteiger partial charge in [-0.05, 0) is 50.5 Å². The van der Waals surface area contributed by atoms with E-state index in [2.05, 4.69) is 16.9 Å². The number of rotatable bonds is 9. The number of alkyl halides is 3. The molecule has 0 aliphatic heterocycles. The van der Waals surface area contributed by atoms with Crippen LogP contribution in [0.15, 0.2) is 48.3 Å². The minimum Gasteiger partial charge on any atom is -0.360 e. The Balaban J connectivity index is 1.90. The standard InChI is InChI=1S/C22H27F3N4O2S2/c1-4-10-28(20(32)27-15(2)3)13-19-12-26-21(29(19)18-8-9-18)33(30,31)14-16-6-5-7-17(11-16)22(23,24)25/h4-7,11-12,15,18H,1,8-10,13-14H2,2-3H3,(H,27,32).